The van der Waals surface area contributed by atoms with Gasteiger partial charge in [-0.2, -0.15) is 0 Å². The number of esters is 1. The number of rotatable bonds is 12. The van der Waals surface area contributed by atoms with Crippen LogP contribution in [0.5, 0.6) is 17.2 Å². The van der Waals surface area contributed by atoms with Crippen molar-refractivity contribution in [2.24, 2.45) is 0 Å². The number of amides is 2. The predicted molar refractivity (Wildman–Crippen MR) is 162 cm³/mol. The number of hydrogen-bond acceptors (Lipinski definition) is 7. The topological polar surface area (TPSA) is 106 Å². The number of ether oxygens (including phenoxy) is 2. The number of imide groups is 1. The zero-order chi connectivity index (χ0) is 30.3. The first-order valence-electron chi connectivity index (χ1n) is 14.5. The lowest BCUT2D eigenvalue weighted by Crippen LogP contribution is -2.30. The van der Waals surface area contributed by atoms with E-state index < -0.39 is 5.97 Å². The number of carbonyl (C=O) groups excluding carboxylic acids is 3. The smallest absolute Gasteiger partial charge is 0.342 e. The van der Waals surface area contributed by atoms with Crippen molar-refractivity contribution in [1.29, 1.82) is 0 Å². The van der Waals surface area contributed by atoms with E-state index in [4.69, 9.17) is 14.5 Å². The van der Waals surface area contributed by atoms with Crippen molar-refractivity contribution < 1.29 is 29.0 Å². The Balaban J connectivity index is 1.24. The van der Waals surface area contributed by atoms with Crippen molar-refractivity contribution in [3.8, 4) is 17.2 Å². The molecule has 0 saturated heterocycles. The second-order valence-corrected chi connectivity index (χ2v) is 10.5. The third kappa shape index (κ3) is 6.59. The molecule has 8 nitrogen and oxygen atoms in total. The lowest BCUT2D eigenvalue weighted by atomic mass is 9.98. The van der Waals surface area contributed by atoms with Crippen LogP contribution in [0.3, 0.4) is 0 Å². The average molecular weight is 579 g/mol. The zero-order valence-electron chi connectivity index (χ0n) is 24.3. The van der Waals surface area contributed by atoms with E-state index in [-0.39, 0.29) is 36.3 Å². The third-order valence-electron chi connectivity index (χ3n) is 7.42. The van der Waals surface area contributed by atoms with Gasteiger partial charge in [-0.25, -0.2) is 4.79 Å². The fraction of sp³-hybridized carbons (Fsp3) is 0.257. The predicted octanol–water partition coefficient (Wildman–Crippen LogP) is 6.66. The quantitative estimate of drug-likeness (QED) is 0.114. The van der Waals surface area contributed by atoms with Crippen molar-refractivity contribution in [3.05, 3.63) is 118 Å². The molecule has 1 aliphatic rings. The van der Waals surface area contributed by atoms with E-state index in [0.717, 1.165) is 17.7 Å². The second-order valence-electron chi connectivity index (χ2n) is 10.5. The van der Waals surface area contributed by atoms with Gasteiger partial charge in [0.1, 0.15) is 17.1 Å². The highest BCUT2D eigenvalue weighted by atomic mass is 16.5. The minimum atomic E-state index is -0.627. The van der Waals surface area contributed by atoms with Gasteiger partial charge >= 0.3 is 5.97 Å². The number of pyridine rings is 1. The van der Waals surface area contributed by atoms with Gasteiger partial charge in [0.2, 0.25) is 0 Å². The van der Waals surface area contributed by atoms with Crippen LogP contribution in [-0.4, -0.2) is 45.9 Å². The van der Waals surface area contributed by atoms with Gasteiger partial charge in [0, 0.05) is 18.7 Å². The maximum absolute atomic E-state index is 13.2. The summed E-state index contributed by atoms with van der Waals surface area (Å²) in [5, 5.41) is 11.0. The number of fused-ring (bicyclic) bond motifs is 1. The van der Waals surface area contributed by atoms with Gasteiger partial charge in [0.15, 0.2) is 5.75 Å². The molecule has 0 fully saturated rings. The minimum absolute atomic E-state index is 0.0838. The summed E-state index contributed by atoms with van der Waals surface area (Å²) in [6.45, 7) is 4.07. The van der Waals surface area contributed by atoms with E-state index in [1.165, 1.54) is 4.90 Å². The molecule has 0 saturated carbocycles. The molecule has 3 aromatic carbocycles. The standard InChI is InChI=1S/C35H34N2O6/c1-3-12-29-32(38)31(35(41)42-20-10-9-19-37-33(39)27-17-7-8-18-28(27)34(37)40)23(2)30(36-29)22-24-13-11-16-26(21-24)43-25-14-5-4-6-15-25/h4-8,11,13-18,21,38H,3,9-10,12,19-20,22H2,1-2H3. The zero-order valence-corrected chi connectivity index (χ0v) is 24.3. The van der Waals surface area contributed by atoms with Crippen LogP contribution in [0.4, 0.5) is 0 Å². The van der Waals surface area contributed by atoms with Gasteiger partial charge in [0.05, 0.1) is 23.4 Å². The van der Waals surface area contributed by atoms with E-state index in [1.807, 2.05) is 61.5 Å². The molecule has 1 N–H and O–H groups in total. The first-order chi connectivity index (χ1) is 20.9. The summed E-state index contributed by atoms with van der Waals surface area (Å²) >= 11 is 0. The molecule has 0 bridgehead atoms. The highest BCUT2D eigenvalue weighted by molar-refractivity contribution is 6.21. The highest BCUT2D eigenvalue weighted by Gasteiger charge is 2.34. The van der Waals surface area contributed by atoms with Crippen LogP contribution in [0.1, 0.15) is 79.8 Å². The summed E-state index contributed by atoms with van der Waals surface area (Å²) in [4.78, 5) is 44.3. The monoisotopic (exact) mass is 578 g/mol. The van der Waals surface area contributed by atoms with Crippen molar-refractivity contribution in [3.63, 3.8) is 0 Å². The Labute approximate surface area is 250 Å². The van der Waals surface area contributed by atoms with Crippen LogP contribution in [0.15, 0.2) is 78.9 Å². The summed E-state index contributed by atoms with van der Waals surface area (Å²) in [6.07, 6.45) is 2.63. The molecule has 0 spiro atoms. The van der Waals surface area contributed by atoms with Crippen molar-refractivity contribution in [2.75, 3.05) is 13.2 Å². The molecule has 4 aromatic rings. The first kappa shape index (κ1) is 29.5. The van der Waals surface area contributed by atoms with Crippen molar-refractivity contribution in [2.45, 2.75) is 46.0 Å². The lowest BCUT2D eigenvalue weighted by Gasteiger charge is -2.16. The van der Waals surface area contributed by atoms with Crippen molar-refractivity contribution in [1.82, 2.24) is 9.88 Å². The Kier molecular flexibility index (Phi) is 9.15. The Morgan fingerprint density at radius 1 is 0.860 bits per heavy atom. The number of hydrogen-bond donors (Lipinski definition) is 1. The number of para-hydroxylation sites is 1. The third-order valence-corrected chi connectivity index (χ3v) is 7.42. The first-order valence-corrected chi connectivity index (χ1v) is 14.5. The molecule has 43 heavy (non-hydrogen) atoms. The molecule has 1 aromatic heterocycles. The summed E-state index contributed by atoms with van der Waals surface area (Å²) in [6, 6.07) is 24.0. The number of unbranched alkanes of at least 4 members (excludes halogenated alkanes) is 1. The minimum Gasteiger partial charge on any atom is -0.505 e. The lowest BCUT2D eigenvalue weighted by molar-refractivity contribution is 0.0481. The molecule has 0 radical (unpaired) electrons. The Morgan fingerprint density at radius 3 is 2.23 bits per heavy atom. The van der Waals surface area contributed by atoms with E-state index in [9.17, 15) is 19.5 Å². The summed E-state index contributed by atoms with van der Waals surface area (Å²) < 4.78 is 11.5. The van der Waals surface area contributed by atoms with Gasteiger partial charge in [-0.05, 0) is 73.7 Å². The number of aryl methyl sites for hydroxylation is 1. The largest absolute Gasteiger partial charge is 0.505 e. The molecular weight excluding hydrogens is 544 g/mol. The molecule has 0 unspecified atom stereocenters. The molecule has 8 heteroatoms. The number of nitrogens with zero attached hydrogens (tertiary/aromatic N) is 2. The van der Waals surface area contributed by atoms with E-state index in [0.29, 0.717) is 59.5 Å². The molecule has 0 atom stereocenters. The van der Waals surface area contributed by atoms with Gasteiger partial charge in [-0.3, -0.25) is 19.5 Å². The number of aromatic hydroxyl groups is 1. The second kappa shape index (κ2) is 13.3. The van der Waals surface area contributed by atoms with Crippen LogP contribution < -0.4 is 4.74 Å². The van der Waals surface area contributed by atoms with Crippen LogP contribution in [0.25, 0.3) is 0 Å². The maximum atomic E-state index is 13.2. The van der Waals surface area contributed by atoms with E-state index >= 15 is 0 Å². The van der Waals surface area contributed by atoms with E-state index in [1.54, 1.807) is 31.2 Å². The molecule has 0 aliphatic carbocycles. The molecule has 220 valence electrons. The highest BCUT2D eigenvalue weighted by Crippen LogP contribution is 2.31. The van der Waals surface area contributed by atoms with Crippen LogP contribution in [-0.2, 0) is 17.6 Å². The fourth-order valence-corrected chi connectivity index (χ4v) is 5.19. The summed E-state index contributed by atoms with van der Waals surface area (Å²) in [5.74, 6) is 0.0386. The van der Waals surface area contributed by atoms with Crippen LogP contribution in [0, 0.1) is 6.92 Å². The SMILES string of the molecule is CCCc1nc(Cc2cccc(Oc3ccccc3)c2)c(C)c(C(=O)OCCCCN2C(=O)c3ccccc3C2=O)c1O. The Hall–Kier alpha value is -4.98. The van der Waals surface area contributed by atoms with Crippen molar-refractivity contribution >= 4 is 17.8 Å². The number of carbonyl (C=O) groups is 3. The number of aromatic nitrogens is 1. The van der Waals surface area contributed by atoms with Gasteiger partial charge in [-0.15, -0.1) is 0 Å². The molecule has 1 aliphatic heterocycles. The normalized spacial score (nSPS) is 12.4. The Bertz CT molecular complexity index is 1610. The molecule has 5 rings (SSSR count). The average Bonchev–Trinajstić information content (AvgIpc) is 3.25. The van der Waals surface area contributed by atoms with Gasteiger partial charge in [0.25, 0.3) is 11.8 Å². The molecular formula is C35H34N2O6. The van der Waals surface area contributed by atoms with Gasteiger partial charge in [-0.1, -0.05) is 55.8 Å². The number of benzene rings is 3. The summed E-state index contributed by atoms with van der Waals surface area (Å²) in [5.41, 5.74) is 3.58. The van der Waals surface area contributed by atoms with Gasteiger partial charge < -0.3 is 14.6 Å². The van der Waals surface area contributed by atoms with E-state index in [2.05, 4.69) is 0 Å². The van der Waals surface area contributed by atoms with Crippen LogP contribution in [0.2, 0.25) is 0 Å². The maximum Gasteiger partial charge on any atom is 0.342 e. The Morgan fingerprint density at radius 2 is 1.53 bits per heavy atom. The fourth-order valence-electron chi connectivity index (χ4n) is 5.19. The molecule has 2 amide bonds. The van der Waals surface area contributed by atoms with Crippen LogP contribution >= 0.6 is 0 Å². The summed E-state index contributed by atoms with van der Waals surface area (Å²) in [7, 11) is 0. The molecule has 2 heterocycles.